The van der Waals surface area contributed by atoms with Crippen LogP contribution in [0.15, 0.2) is 0 Å². The second-order valence-corrected chi connectivity index (χ2v) is 1.66. The quantitative estimate of drug-likeness (QED) is 0.342. The SMILES string of the molecule is O=C([O-])[O-].O=P([O-])([O-])O.[K+].[K+].[Na+].[Na+]. The van der Waals surface area contributed by atoms with Crippen molar-refractivity contribution in [1.82, 2.24) is 0 Å². The largest absolute Gasteiger partial charge is 1.00 e. The average Bonchev–Trinajstić information content (AvgIpc) is 1.19. The van der Waals surface area contributed by atoms with Gasteiger partial charge in [0.25, 0.3) is 0 Å². The van der Waals surface area contributed by atoms with Gasteiger partial charge in [-0.25, -0.2) is 0 Å². The van der Waals surface area contributed by atoms with E-state index >= 15 is 0 Å². The molecule has 0 rings (SSSR count). The molecule has 0 heterocycles. The molecule has 0 saturated heterocycles. The molecule has 0 saturated carbocycles. The number of carboxylic acid groups (broad SMARTS) is 2. The van der Waals surface area contributed by atoms with Crippen molar-refractivity contribution >= 4 is 14.0 Å². The van der Waals surface area contributed by atoms with E-state index in [-0.39, 0.29) is 162 Å². The van der Waals surface area contributed by atoms with Gasteiger partial charge in [-0.1, -0.05) is 0 Å². The normalized spacial score (nSPS) is 6.38. The monoisotopic (exact) mass is 280 g/mol. The van der Waals surface area contributed by atoms with Crippen molar-refractivity contribution in [2.75, 3.05) is 0 Å². The molecular weight excluding hydrogens is 279 g/mol. The van der Waals surface area contributed by atoms with Crippen molar-refractivity contribution in [3.63, 3.8) is 0 Å². The Morgan fingerprint density at radius 1 is 1.08 bits per heavy atom. The van der Waals surface area contributed by atoms with Crippen LogP contribution in [0.25, 0.3) is 0 Å². The van der Waals surface area contributed by atoms with E-state index in [1.807, 2.05) is 0 Å². The fourth-order valence-electron chi connectivity index (χ4n) is 0. The van der Waals surface area contributed by atoms with Gasteiger partial charge in [-0.3, -0.25) is 0 Å². The van der Waals surface area contributed by atoms with Crippen LogP contribution in [-0.2, 0) is 4.57 Å². The van der Waals surface area contributed by atoms with E-state index in [2.05, 4.69) is 0 Å². The summed E-state index contributed by atoms with van der Waals surface area (Å²) in [4.78, 5) is 32.6. The molecule has 0 radical (unpaired) electrons. The fourth-order valence-corrected chi connectivity index (χ4v) is 0. The first kappa shape index (κ1) is 36.1. The van der Waals surface area contributed by atoms with E-state index in [0.29, 0.717) is 0 Å². The van der Waals surface area contributed by atoms with Crippen LogP contribution in [0.5, 0.6) is 0 Å². The molecule has 0 amide bonds. The van der Waals surface area contributed by atoms with Gasteiger partial charge in [0.05, 0.1) is 7.82 Å². The number of carbonyl (C=O) groups excluding carboxylic acids is 1. The van der Waals surface area contributed by atoms with Crippen LogP contribution in [0.4, 0.5) is 4.79 Å². The molecular formula is CHK2Na2O7P. The zero-order valence-corrected chi connectivity index (χ0v) is 19.0. The van der Waals surface area contributed by atoms with Crippen molar-refractivity contribution in [3.8, 4) is 0 Å². The topological polar surface area (TPSA) is 147 Å². The smallest absolute Gasteiger partial charge is 0.790 e. The van der Waals surface area contributed by atoms with Gasteiger partial charge in [0, 0.05) is 0 Å². The van der Waals surface area contributed by atoms with Crippen LogP contribution in [0, 0.1) is 0 Å². The molecule has 0 aliphatic rings. The molecule has 0 aromatic heterocycles. The molecule has 0 bridgehead atoms. The van der Waals surface area contributed by atoms with Crippen LogP contribution in [0.1, 0.15) is 0 Å². The molecule has 13 heavy (non-hydrogen) atoms. The Morgan fingerprint density at radius 3 is 1.08 bits per heavy atom. The molecule has 0 unspecified atom stereocenters. The molecule has 1 N–H and O–H groups in total. The van der Waals surface area contributed by atoms with E-state index in [1.54, 1.807) is 0 Å². The third-order valence-corrected chi connectivity index (χ3v) is 0. The maximum absolute atomic E-state index is 8.66. The number of rotatable bonds is 0. The summed E-state index contributed by atoms with van der Waals surface area (Å²) in [5, 5.41) is 16.7. The summed E-state index contributed by atoms with van der Waals surface area (Å²) in [5.74, 6) is 0. The summed E-state index contributed by atoms with van der Waals surface area (Å²) in [7, 11) is -5.14. The van der Waals surface area contributed by atoms with Gasteiger partial charge in [0.1, 0.15) is 0 Å². The van der Waals surface area contributed by atoms with Crippen LogP contribution >= 0.6 is 7.82 Å². The Bertz CT molecular complexity index is 124. The molecule has 0 aromatic rings. The Morgan fingerprint density at radius 2 is 1.08 bits per heavy atom. The molecule has 0 spiro atoms. The third-order valence-electron chi connectivity index (χ3n) is 0. The number of carbonyl (C=O) groups is 1. The van der Waals surface area contributed by atoms with Gasteiger partial charge in [0.15, 0.2) is 0 Å². The number of hydrogen-bond acceptors (Lipinski definition) is 6. The van der Waals surface area contributed by atoms with Gasteiger partial charge >= 0.3 is 162 Å². The van der Waals surface area contributed by atoms with Crippen molar-refractivity contribution in [1.29, 1.82) is 0 Å². The standard InChI is InChI=1S/CH2O3.2K.2Na.H3O4P/c2-1(3)4;;;;;1-5(2,3)4/h(H2,2,3,4);;;;;(H3,1,2,3,4)/q;4*+1;/p-4. The van der Waals surface area contributed by atoms with Crippen molar-refractivity contribution < 1.29 is 196 Å². The summed E-state index contributed by atoms with van der Waals surface area (Å²) < 4.78 is 8.66. The zero-order chi connectivity index (χ0) is 8.08. The van der Waals surface area contributed by atoms with E-state index in [0.717, 1.165) is 0 Å². The minimum atomic E-state index is -5.14. The van der Waals surface area contributed by atoms with Gasteiger partial charge in [-0.05, 0) is 6.16 Å². The van der Waals surface area contributed by atoms with Crippen molar-refractivity contribution in [2.45, 2.75) is 0 Å². The Hall–Kier alpha value is 4.65. The van der Waals surface area contributed by atoms with Crippen LogP contribution in [-0.4, -0.2) is 11.0 Å². The minimum absolute atomic E-state index is 0. The van der Waals surface area contributed by atoms with Gasteiger partial charge in [0.2, 0.25) is 0 Å². The molecule has 56 valence electrons. The van der Waals surface area contributed by atoms with Crippen LogP contribution in [0.2, 0.25) is 0 Å². The second-order valence-electron chi connectivity index (χ2n) is 0.719. The minimum Gasteiger partial charge on any atom is -0.790 e. The first-order chi connectivity index (χ1) is 3.73. The summed E-state index contributed by atoms with van der Waals surface area (Å²) in [6, 6.07) is 0. The van der Waals surface area contributed by atoms with E-state index in [4.69, 9.17) is 34.3 Å². The number of phosphoric acid groups is 1. The van der Waals surface area contributed by atoms with Crippen LogP contribution in [0.3, 0.4) is 0 Å². The maximum atomic E-state index is 8.66. The molecule has 0 fully saturated rings. The second kappa shape index (κ2) is 21.9. The van der Waals surface area contributed by atoms with E-state index in [1.165, 1.54) is 0 Å². The molecule has 7 nitrogen and oxygen atoms in total. The summed E-state index contributed by atoms with van der Waals surface area (Å²) in [5.41, 5.74) is 0. The fraction of sp³-hybridized carbons (Fsp3) is 0. The third kappa shape index (κ3) is 165. The van der Waals surface area contributed by atoms with Gasteiger partial charge in [-0.2, -0.15) is 0 Å². The predicted octanol–water partition coefficient (Wildman–Crippen LogP) is -16.6. The molecule has 12 heteroatoms. The Labute approximate surface area is 204 Å². The predicted molar refractivity (Wildman–Crippen MR) is 15.2 cm³/mol. The first-order valence-electron chi connectivity index (χ1n) is 1.36. The van der Waals surface area contributed by atoms with E-state index < -0.39 is 14.0 Å². The molecule has 0 aliphatic heterocycles. The van der Waals surface area contributed by atoms with Crippen LogP contribution < -0.4 is 182 Å². The van der Waals surface area contributed by atoms with Crippen molar-refractivity contribution in [3.05, 3.63) is 0 Å². The summed E-state index contributed by atoms with van der Waals surface area (Å²) in [6.07, 6.45) is -2.33. The summed E-state index contributed by atoms with van der Waals surface area (Å²) >= 11 is 0. The van der Waals surface area contributed by atoms with Gasteiger partial charge < -0.3 is 34.3 Å². The maximum Gasteiger partial charge on any atom is 1.00 e. The molecule has 0 aliphatic carbocycles. The van der Waals surface area contributed by atoms with Crippen molar-refractivity contribution in [2.24, 2.45) is 0 Å². The number of hydrogen-bond donors (Lipinski definition) is 1. The molecule has 0 atom stereocenters. The average molecular weight is 280 g/mol. The van der Waals surface area contributed by atoms with E-state index in [9.17, 15) is 0 Å². The first-order valence-corrected chi connectivity index (χ1v) is 2.86. The summed E-state index contributed by atoms with van der Waals surface area (Å²) in [6.45, 7) is 0. The Kier molecular flexibility index (Phi) is 60.7. The Balaban J connectivity index is -0.0000000146. The van der Waals surface area contributed by atoms with Gasteiger partial charge in [-0.15, -0.1) is 0 Å². The molecule has 0 aromatic carbocycles. The zero-order valence-electron chi connectivity index (χ0n) is 7.84.